The first kappa shape index (κ1) is 31.7. The Morgan fingerprint density at radius 1 is 0.793 bits per heavy atom. The van der Waals surface area contributed by atoms with Gasteiger partial charge in [-0.1, -0.05) is 66.2 Å². The summed E-state index contributed by atoms with van der Waals surface area (Å²) in [5, 5.41) is -2.04. The third-order valence-corrected chi connectivity index (χ3v) is 5.38. The van der Waals surface area contributed by atoms with E-state index < -0.39 is 33.7 Å². The minimum absolute atomic E-state index is 0. The van der Waals surface area contributed by atoms with Crippen LogP contribution >= 0.6 is 0 Å². The molecule has 0 aromatic heterocycles. The second kappa shape index (κ2) is 18.1. The van der Waals surface area contributed by atoms with Gasteiger partial charge in [-0.3, -0.25) is 9.59 Å². The van der Waals surface area contributed by atoms with E-state index in [1.54, 1.807) is 0 Å². The normalized spacial score (nSPS) is 12.5. The van der Waals surface area contributed by atoms with Crippen molar-refractivity contribution in [3.63, 3.8) is 0 Å². The molecule has 0 aliphatic heterocycles. The van der Waals surface area contributed by atoms with Gasteiger partial charge < -0.3 is 14.0 Å². The number of hydrogen-bond acceptors (Lipinski definition) is 7. The van der Waals surface area contributed by atoms with Crippen LogP contribution < -0.4 is 51.4 Å². The van der Waals surface area contributed by atoms with Gasteiger partial charge in [0.15, 0.2) is 5.25 Å². The average Bonchev–Trinajstić information content (AvgIpc) is 2.57. The Bertz CT molecular complexity index is 547. The summed E-state index contributed by atoms with van der Waals surface area (Å²) < 4.78 is 43.8. The maximum Gasteiger partial charge on any atom is 1.00 e. The van der Waals surface area contributed by atoms with Crippen LogP contribution in [0, 0.1) is 11.8 Å². The van der Waals surface area contributed by atoms with E-state index in [9.17, 15) is 22.6 Å². The Kier molecular flexibility index (Phi) is 19.8. The van der Waals surface area contributed by atoms with Gasteiger partial charge in [-0.25, -0.2) is 8.42 Å². The summed E-state index contributed by atoms with van der Waals surface area (Å²) in [6.45, 7) is 8.69. The van der Waals surface area contributed by atoms with Crippen molar-refractivity contribution < 1.29 is 83.4 Å². The molecule has 0 aliphatic rings. The number of esters is 2. The van der Waals surface area contributed by atoms with E-state index in [4.69, 9.17) is 9.47 Å². The van der Waals surface area contributed by atoms with Crippen LogP contribution in [0.4, 0.5) is 0 Å². The van der Waals surface area contributed by atoms with E-state index in [1.165, 1.54) is 0 Å². The first-order chi connectivity index (χ1) is 13.0. The first-order valence-electron chi connectivity index (χ1n) is 10.3. The molecule has 0 heterocycles. The van der Waals surface area contributed by atoms with Gasteiger partial charge in [0.2, 0.25) is 0 Å². The van der Waals surface area contributed by atoms with Gasteiger partial charge >= 0.3 is 63.3 Å². The first-order valence-corrected chi connectivity index (χ1v) is 11.8. The Balaban J connectivity index is 0. The molecule has 1 atom stereocenters. The summed E-state index contributed by atoms with van der Waals surface area (Å²) in [5.74, 6) is -0.833. The van der Waals surface area contributed by atoms with Crippen LogP contribution in [0.2, 0.25) is 0 Å². The van der Waals surface area contributed by atoms with E-state index in [1.807, 2.05) is 0 Å². The van der Waals surface area contributed by atoms with Gasteiger partial charge in [0.25, 0.3) is 0 Å². The smallest absolute Gasteiger partial charge is 0.747 e. The van der Waals surface area contributed by atoms with Crippen LogP contribution in [0.25, 0.3) is 0 Å². The maximum absolute atomic E-state index is 11.9. The zero-order valence-electron chi connectivity index (χ0n) is 18.8. The van der Waals surface area contributed by atoms with E-state index in [-0.39, 0.29) is 64.6 Å². The van der Waals surface area contributed by atoms with Crippen LogP contribution in [0.15, 0.2) is 0 Å². The van der Waals surface area contributed by atoms with Crippen molar-refractivity contribution in [3.05, 3.63) is 0 Å². The minimum atomic E-state index is -4.99. The predicted octanol–water partition coefficient (Wildman–Crippen LogP) is 0.814. The summed E-state index contributed by atoms with van der Waals surface area (Å²) in [6.07, 6.45) is 6.36. The molecule has 0 amide bonds. The monoisotopic (exact) mass is 460 g/mol. The molecule has 0 bridgehead atoms. The fourth-order valence-electron chi connectivity index (χ4n) is 2.63. The maximum atomic E-state index is 11.9. The quantitative estimate of drug-likeness (QED) is 0.145. The summed E-state index contributed by atoms with van der Waals surface area (Å²) in [5.41, 5.74) is 0. The Labute approximate surface area is 219 Å². The average molecular weight is 461 g/mol. The molecule has 7 nitrogen and oxygen atoms in total. The summed E-state index contributed by atoms with van der Waals surface area (Å²) in [6, 6.07) is 0. The molecule has 0 aromatic rings. The number of carbonyl (C=O) groups excluding carboxylic acids is 2. The molecule has 166 valence electrons. The third-order valence-electron chi connectivity index (χ3n) is 4.32. The molecule has 0 fully saturated rings. The molecular formula is C20H37KO7S. The van der Waals surface area contributed by atoms with Crippen molar-refractivity contribution >= 4 is 22.1 Å². The van der Waals surface area contributed by atoms with E-state index >= 15 is 0 Å². The van der Waals surface area contributed by atoms with E-state index in [0.29, 0.717) is 24.7 Å². The molecule has 9 heteroatoms. The van der Waals surface area contributed by atoms with Crippen molar-refractivity contribution in [2.24, 2.45) is 11.8 Å². The van der Waals surface area contributed by atoms with Crippen molar-refractivity contribution in [2.75, 3.05) is 13.2 Å². The Morgan fingerprint density at radius 2 is 1.24 bits per heavy atom. The molecule has 0 N–H and O–H groups in total. The molecule has 0 saturated heterocycles. The topological polar surface area (TPSA) is 110 Å². The second-order valence-corrected chi connectivity index (χ2v) is 9.61. The number of rotatable bonds is 16. The molecule has 0 rings (SSSR count). The predicted molar refractivity (Wildman–Crippen MR) is 107 cm³/mol. The zero-order chi connectivity index (χ0) is 21.6. The van der Waals surface area contributed by atoms with Gasteiger partial charge in [-0.15, -0.1) is 0 Å². The third kappa shape index (κ3) is 18.9. The molecule has 0 aromatic carbocycles. The van der Waals surface area contributed by atoms with E-state index in [2.05, 4.69) is 27.7 Å². The summed E-state index contributed by atoms with van der Waals surface area (Å²) in [4.78, 5) is 23.7. The summed E-state index contributed by atoms with van der Waals surface area (Å²) in [7, 11) is -4.99. The molecule has 0 saturated carbocycles. The van der Waals surface area contributed by atoms with Crippen LogP contribution in [0.1, 0.15) is 85.5 Å². The SMILES string of the molecule is CC(C)CCCCCOC(=O)CC(C(=O)OCCCCCC(C)C)S(=O)(=O)[O-].[K+]. The van der Waals surface area contributed by atoms with Crippen LogP contribution in [-0.2, 0) is 29.2 Å². The van der Waals surface area contributed by atoms with E-state index in [0.717, 1.165) is 38.5 Å². The van der Waals surface area contributed by atoms with Crippen LogP contribution in [0.3, 0.4) is 0 Å². The molecule has 0 radical (unpaired) electrons. The summed E-state index contributed by atoms with van der Waals surface area (Å²) >= 11 is 0. The van der Waals surface area contributed by atoms with Gasteiger partial charge in [0.05, 0.1) is 19.6 Å². The molecule has 0 aliphatic carbocycles. The van der Waals surface area contributed by atoms with Crippen molar-refractivity contribution in [3.8, 4) is 0 Å². The van der Waals surface area contributed by atoms with Crippen molar-refractivity contribution in [2.45, 2.75) is 90.7 Å². The van der Waals surface area contributed by atoms with Gasteiger partial charge in [-0.2, -0.15) is 0 Å². The number of unbranched alkanes of at least 4 members (excludes halogenated alkanes) is 4. The van der Waals surface area contributed by atoms with Gasteiger partial charge in [0, 0.05) is 0 Å². The molecule has 0 spiro atoms. The fourth-order valence-corrected chi connectivity index (χ4v) is 3.27. The Morgan fingerprint density at radius 3 is 1.66 bits per heavy atom. The number of carbonyl (C=O) groups is 2. The fraction of sp³-hybridized carbons (Fsp3) is 0.900. The van der Waals surface area contributed by atoms with Crippen LogP contribution in [0.5, 0.6) is 0 Å². The van der Waals surface area contributed by atoms with Crippen LogP contribution in [-0.4, -0.2) is 43.4 Å². The molecular weight excluding hydrogens is 423 g/mol. The number of ether oxygens (including phenoxy) is 2. The van der Waals surface area contributed by atoms with Crippen molar-refractivity contribution in [1.29, 1.82) is 0 Å². The standard InChI is InChI=1S/C20H38O7S.K/c1-16(2)11-7-5-9-13-26-19(21)15-18(28(23,24)25)20(22)27-14-10-6-8-12-17(3)4;/h16-18H,5-15H2,1-4H3,(H,23,24,25);/q;+1/p-1. The largest absolute Gasteiger partial charge is 1.00 e. The number of hydrogen-bond donors (Lipinski definition) is 0. The minimum Gasteiger partial charge on any atom is -0.747 e. The van der Waals surface area contributed by atoms with Gasteiger partial charge in [0.1, 0.15) is 10.1 Å². The molecule has 1 unspecified atom stereocenters. The zero-order valence-corrected chi connectivity index (χ0v) is 22.7. The second-order valence-electron chi connectivity index (χ2n) is 8.06. The van der Waals surface area contributed by atoms with Crippen molar-refractivity contribution in [1.82, 2.24) is 0 Å². The Hall–Kier alpha value is 0.486. The van der Waals surface area contributed by atoms with Gasteiger partial charge in [-0.05, 0) is 24.7 Å². The molecule has 29 heavy (non-hydrogen) atoms.